The van der Waals surface area contributed by atoms with Crippen molar-refractivity contribution in [1.29, 1.82) is 0 Å². The maximum atomic E-state index is 12.6. The molecular formula is C42H76NO7P. The quantitative estimate of drug-likeness (QED) is 0.0278. The van der Waals surface area contributed by atoms with Crippen LogP contribution >= 0.6 is 7.82 Å². The Labute approximate surface area is 313 Å². The Morgan fingerprint density at radius 3 is 1.65 bits per heavy atom. The average molecular weight is 738 g/mol. The van der Waals surface area contributed by atoms with Gasteiger partial charge in [-0.05, 0) is 77.0 Å². The molecule has 3 N–H and O–H groups in total. The summed E-state index contributed by atoms with van der Waals surface area (Å²) in [5, 5.41) is 0. The van der Waals surface area contributed by atoms with E-state index in [0.717, 1.165) is 83.5 Å². The van der Waals surface area contributed by atoms with E-state index in [1.807, 2.05) is 0 Å². The first kappa shape index (κ1) is 49.2. The molecule has 8 nitrogen and oxygen atoms in total. The highest BCUT2D eigenvalue weighted by atomic mass is 31.2. The molecule has 0 aliphatic carbocycles. The molecule has 0 aromatic heterocycles. The lowest BCUT2D eigenvalue weighted by atomic mass is 10.1. The van der Waals surface area contributed by atoms with E-state index in [9.17, 15) is 14.3 Å². The summed E-state index contributed by atoms with van der Waals surface area (Å²) in [4.78, 5) is 22.4. The normalized spacial score (nSPS) is 14.2. The molecule has 0 aromatic carbocycles. The molecule has 0 rings (SSSR count). The summed E-state index contributed by atoms with van der Waals surface area (Å²) >= 11 is 0. The van der Waals surface area contributed by atoms with Crippen LogP contribution in [0, 0.1) is 0 Å². The number of phosphoric ester groups is 1. The third-order valence-electron chi connectivity index (χ3n) is 8.17. The zero-order valence-electron chi connectivity index (χ0n) is 32.6. The number of unbranched alkanes of at least 4 members (excludes halogenated alkanes) is 15. The minimum absolute atomic E-state index is 0.0923. The van der Waals surface area contributed by atoms with Crippen LogP contribution in [-0.2, 0) is 27.9 Å². The Kier molecular flexibility index (Phi) is 38.0. The number of carbonyl (C=O) groups is 1. The minimum atomic E-state index is -4.28. The summed E-state index contributed by atoms with van der Waals surface area (Å²) in [5.74, 6) is -0.349. The number of allylic oxidation sites excluding steroid dienone is 10. The van der Waals surface area contributed by atoms with E-state index in [1.165, 1.54) is 57.8 Å². The molecule has 51 heavy (non-hydrogen) atoms. The van der Waals surface area contributed by atoms with E-state index >= 15 is 0 Å². The molecule has 296 valence electrons. The van der Waals surface area contributed by atoms with E-state index in [4.69, 9.17) is 24.3 Å². The number of carbonyl (C=O) groups excluding carboxylic acids is 1. The maximum Gasteiger partial charge on any atom is 0.472 e. The number of nitrogens with two attached hydrogens (primary N) is 1. The molecule has 9 heteroatoms. The fourth-order valence-corrected chi connectivity index (χ4v) is 5.98. The van der Waals surface area contributed by atoms with Gasteiger partial charge in [-0.1, -0.05) is 139 Å². The summed E-state index contributed by atoms with van der Waals surface area (Å²) in [6, 6.07) is 0. The van der Waals surface area contributed by atoms with Crippen molar-refractivity contribution >= 4 is 13.8 Å². The highest BCUT2D eigenvalue weighted by Crippen LogP contribution is 2.43. The lowest BCUT2D eigenvalue weighted by molar-refractivity contribution is -0.154. The highest BCUT2D eigenvalue weighted by molar-refractivity contribution is 7.47. The summed E-state index contributed by atoms with van der Waals surface area (Å²) in [7, 11) is -4.28. The molecule has 0 heterocycles. The zero-order chi connectivity index (χ0) is 37.4. The lowest BCUT2D eigenvalue weighted by Crippen LogP contribution is -2.28. The topological polar surface area (TPSA) is 117 Å². The second-order valence-corrected chi connectivity index (χ2v) is 14.6. The molecule has 0 saturated heterocycles. The molecular weight excluding hydrogens is 661 g/mol. The third kappa shape index (κ3) is 39.2. The van der Waals surface area contributed by atoms with Gasteiger partial charge in [-0.25, -0.2) is 4.57 Å². The average Bonchev–Trinajstić information content (AvgIpc) is 3.12. The van der Waals surface area contributed by atoms with Crippen LogP contribution in [0.15, 0.2) is 60.8 Å². The Balaban J connectivity index is 4.12. The van der Waals surface area contributed by atoms with Gasteiger partial charge in [0.25, 0.3) is 0 Å². The van der Waals surface area contributed by atoms with Gasteiger partial charge in [0, 0.05) is 19.6 Å². The molecule has 0 fully saturated rings. The van der Waals surface area contributed by atoms with Gasteiger partial charge in [0.1, 0.15) is 6.10 Å². The van der Waals surface area contributed by atoms with Crippen molar-refractivity contribution in [2.24, 2.45) is 5.73 Å². The SMILES string of the molecule is CC/C=C\C/C=C\C/C=C\CCCCCCOCC(COP(=O)(O)OCCN)OC(=O)CCCCCCCCC/C=C\C/C=C\CCCCCC. The van der Waals surface area contributed by atoms with Crippen molar-refractivity contribution in [3.8, 4) is 0 Å². The zero-order valence-corrected chi connectivity index (χ0v) is 33.5. The van der Waals surface area contributed by atoms with E-state index in [2.05, 4.69) is 74.6 Å². The second kappa shape index (κ2) is 39.4. The Bertz CT molecular complexity index is 963. The Morgan fingerprint density at radius 2 is 1.10 bits per heavy atom. The van der Waals surface area contributed by atoms with Gasteiger partial charge in [-0.3, -0.25) is 13.8 Å². The maximum absolute atomic E-state index is 12.6. The summed E-state index contributed by atoms with van der Waals surface area (Å²) in [5.41, 5.74) is 5.36. The van der Waals surface area contributed by atoms with Crippen LogP contribution in [0.5, 0.6) is 0 Å². The summed E-state index contributed by atoms with van der Waals surface area (Å²) < 4.78 is 33.3. The van der Waals surface area contributed by atoms with Gasteiger partial charge in [-0.15, -0.1) is 0 Å². The molecule has 0 aliphatic heterocycles. The molecule has 2 unspecified atom stereocenters. The van der Waals surface area contributed by atoms with Crippen LogP contribution in [0.4, 0.5) is 0 Å². The first-order valence-electron chi connectivity index (χ1n) is 20.3. The first-order chi connectivity index (χ1) is 24.9. The smallest absolute Gasteiger partial charge is 0.457 e. The van der Waals surface area contributed by atoms with Crippen LogP contribution in [0.3, 0.4) is 0 Å². The molecule has 0 aromatic rings. The minimum Gasteiger partial charge on any atom is -0.457 e. The molecule has 0 amide bonds. The van der Waals surface area contributed by atoms with Crippen LogP contribution in [0.25, 0.3) is 0 Å². The van der Waals surface area contributed by atoms with Gasteiger partial charge in [0.2, 0.25) is 0 Å². The molecule has 0 spiro atoms. The number of ether oxygens (including phenoxy) is 2. The van der Waals surface area contributed by atoms with Gasteiger partial charge >= 0.3 is 13.8 Å². The third-order valence-corrected chi connectivity index (χ3v) is 9.15. The lowest BCUT2D eigenvalue weighted by Gasteiger charge is -2.20. The van der Waals surface area contributed by atoms with Crippen molar-refractivity contribution in [2.75, 3.05) is 33.0 Å². The number of rotatable bonds is 38. The Hall–Kier alpha value is -1.80. The monoisotopic (exact) mass is 738 g/mol. The predicted octanol–water partition coefficient (Wildman–Crippen LogP) is 11.8. The van der Waals surface area contributed by atoms with E-state index < -0.39 is 13.9 Å². The van der Waals surface area contributed by atoms with Gasteiger partial charge in [0.15, 0.2) is 0 Å². The largest absolute Gasteiger partial charge is 0.472 e. The van der Waals surface area contributed by atoms with E-state index in [-0.39, 0.29) is 32.3 Å². The number of phosphoric acid groups is 1. The van der Waals surface area contributed by atoms with Crippen LogP contribution < -0.4 is 5.73 Å². The van der Waals surface area contributed by atoms with Crippen LogP contribution in [-0.4, -0.2) is 49.9 Å². The molecule has 0 radical (unpaired) electrons. The number of hydrogen-bond acceptors (Lipinski definition) is 7. The van der Waals surface area contributed by atoms with E-state index in [1.54, 1.807) is 0 Å². The van der Waals surface area contributed by atoms with Crippen molar-refractivity contribution < 1.29 is 32.8 Å². The van der Waals surface area contributed by atoms with Crippen molar-refractivity contribution in [3.63, 3.8) is 0 Å². The van der Waals surface area contributed by atoms with Gasteiger partial charge in [-0.2, -0.15) is 0 Å². The highest BCUT2D eigenvalue weighted by Gasteiger charge is 2.25. The van der Waals surface area contributed by atoms with Crippen molar-refractivity contribution in [3.05, 3.63) is 60.8 Å². The van der Waals surface area contributed by atoms with Crippen molar-refractivity contribution in [2.45, 2.75) is 168 Å². The summed E-state index contributed by atoms with van der Waals surface area (Å²) in [6.45, 7) is 4.71. The van der Waals surface area contributed by atoms with E-state index in [0.29, 0.717) is 13.0 Å². The Morgan fingerprint density at radius 1 is 0.608 bits per heavy atom. The molecule has 2 atom stereocenters. The van der Waals surface area contributed by atoms with Gasteiger partial charge < -0.3 is 20.1 Å². The fourth-order valence-electron chi connectivity index (χ4n) is 5.22. The predicted molar refractivity (Wildman–Crippen MR) is 215 cm³/mol. The van der Waals surface area contributed by atoms with Gasteiger partial charge in [0.05, 0.1) is 19.8 Å². The van der Waals surface area contributed by atoms with Crippen LogP contribution in [0.2, 0.25) is 0 Å². The fraction of sp³-hybridized carbons (Fsp3) is 0.738. The van der Waals surface area contributed by atoms with Crippen molar-refractivity contribution in [1.82, 2.24) is 0 Å². The second-order valence-electron chi connectivity index (χ2n) is 13.1. The molecule has 0 saturated carbocycles. The number of hydrogen-bond donors (Lipinski definition) is 2. The first-order valence-corrected chi connectivity index (χ1v) is 21.8. The number of esters is 1. The van der Waals surface area contributed by atoms with Crippen LogP contribution in [0.1, 0.15) is 162 Å². The molecule has 0 aliphatic rings. The summed E-state index contributed by atoms with van der Waals surface area (Å²) in [6.07, 6.45) is 46.6. The standard InChI is InChI=1S/C42H76NO7P/c1-3-5-7-9-11-13-15-17-19-20-21-22-23-25-27-29-31-33-35-42(44)50-41(40-49-51(45,46)48-38-36-43)39-47-37-34-32-30-28-26-24-18-16-14-12-10-8-6-4-2/h6,8,12-15,18-20,24,41H,3-5,7,9-11,16-17,21-23,25-40,43H2,1-2H3,(H,45,46)/b8-6-,14-12-,15-13-,20-19-,24-18-. The molecule has 0 bridgehead atoms.